The number of nitrogens with zero attached hydrogens (tertiary/aromatic N) is 2. The van der Waals surface area contributed by atoms with Crippen LogP contribution in [0.15, 0.2) is 89.8 Å². The molecule has 2 amide bonds. The van der Waals surface area contributed by atoms with Crippen molar-refractivity contribution in [3.05, 3.63) is 118 Å². The third-order valence-corrected chi connectivity index (χ3v) is 7.19. The second kappa shape index (κ2) is 9.43. The van der Waals surface area contributed by atoms with E-state index >= 15 is 0 Å². The molecule has 3 aromatic carbocycles. The smallest absolute Gasteiger partial charge is 0.293 e. The van der Waals surface area contributed by atoms with E-state index in [4.69, 9.17) is 0 Å². The van der Waals surface area contributed by atoms with Crippen LogP contribution in [0, 0.1) is 20.8 Å². The molecule has 0 saturated carbocycles. The summed E-state index contributed by atoms with van der Waals surface area (Å²) < 4.78 is 2.18. The fraction of sp³-hybridized carbons (Fsp3) is 0.133. The number of carbonyl (C=O) groups excluding carboxylic acids is 2. The van der Waals surface area contributed by atoms with E-state index in [-0.39, 0.29) is 17.7 Å². The number of hydrogen-bond donors (Lipinski definition) is 0. The molecule has 0 atom stereocenters. The van der Waals surface area contributed by atoms with Gasteiger partial charge in [-0.3, -0.25) is 14.5 Å². The zero-order chi connectivity index (χ0) is 24.5. The summed E-state index contributed by atoms with van der Waals surface area (Å²) in [7, 11) is 0. The molecule has 1 aromatic heterocycles. The number of aryl methyl sites for hydroxylation is 2. The lowest BCUT2D eigenvalue weighted by atomic mass is 10.1. The van der Waals surface area contributed by atoms with Crippen LogP contribution in [0.2, 0.25) is 0 Å². The van der Waals surface area contributed by atoms with Gasteiger partial charge >= 0.3 is 0 Å². The lowest BCUT2D eigenvalue weighted by Crippen LogP contribution is -2.27. The molecule has 2 heterocycles. The molecule has 4 nitrogen and oxygen atoms in total. The van der Waals surface area contributed by atoms with Crippen LogP contribution in [0.5, 0.6) is 0 Å². The molecule has 1 aliphatic heterocycles. The van der Waals surface area contributed by atoms with Crippen molar-refractivity contribution < 1.29 is 9.59 Å². The average molecular weight is 479 g/mol. The molecule has 0 radical (unpaired) electrons. The highest BCUT2D eigenvalue weighted by atomic mass is 32.2. The van der Waals surface area contributed by atoms with Crippen molar-refractivity contribution >= 4 is 29.0 Å². The van der Waals surface area contributed by atoms with Crippen LogP contribution in [-0.2, 0) is 11.3 Å². The van der Waals surface area contributed by atoms with E-state index in [1.165, 1.54) is 16.0 Å². The van der Waals surface area contributed by atoms with Crippen LogP contribution in [0.4, 0.5) is 4.79 Å². The van der Waals surface area contributed by atoms with Crippen molar-refractivity contribution in [3.63, 3.8) is 0 Å². The van der Waals surface area contributed by atoms with Crippen molar-refractivity contribution in [2.75, 3.05) is 0 Å². The Morgan fingerprint density at radius 1 is 0.800 bits per heavy atom. The first-order chi connectivity index (χ1) is 16.9. The molecule has 0 aliphatic carbocycles. The van der Waals surface area contributed by atoms with Gasteiger partial charge in [0.15, 0.2) is 0 Å². The summed E-state index contributed by atoms with van der Waals surface area (Å²) in [5, 5.41) is -0.229. The molecule has 0 unspecified atom stereocenters. The number of amides is 2. The summed E-state index contributed by atoms with van der Waals surface area (Å²) in [6, 6.07) is 28.7. The highest BCUT2D eigenvalue weighted by molar-refractivity contribution is 8.18. The summed E-state index contributed by atoms with van der Waals surface area (Å²) in [6.45, 7) is 6.39. The van der Waals surface area contributed by atoms with E-state index in [2.05, 4.69) is 54.0 Å². The fourth-order valence-electron chi connectivity index (χ4n) is 4.54. The lowest BCUT2D eigenvalue weighted by molar-refractivity contribution is -0.123. The molecular weight excluding hydrogens is 452 g/mol. The van der Waals surface area contributed by atoms with Gasteiger partial charge in [-0.15, -0.1) is 0 Å². The van der Waals surface area contributed by atoms with E-state index in [9.17, 15) is 9.59 Å². The Labute approximate surface area is 209 Å². The van der Waals surface area contributed by atoms with Gasteiger partial charge in [0.1, 0.15) is 0 Å². The van der Waals surface area contributed by atoms with Gasteiger partial charge in [-0.2, -0.15) is 0 Å². The predicted octanol–water partition coefficient (Wildman–Crippen LogP) is 7.31. The maximum atomic E-state index is 13.1. The first kappa shape index (κ1) is 22.9. The number of hydrogen-bond acceptors (Lipinski definition) is 3. The van der Waals surface area contributed by atoms with E-state index in [1.807, 2.05) is 62.4 Å². The van der Waals surface area contributed by atoms with Crippen LogP contribution in [0.25, 0.3) is 22.9 Å². The maximum Gasteiger partial charge on any atom is 0.293 e. The van der Waals surface area contributed by atoms with E-state index < -0.39 is 0 Å². The molecule has 1 fully saturated rings. The second-order valence-corrected chi connectivity index (χ2v) is 9.82. The van der Waals surface area contributed by atoms with Gasteiger partial charge in [0.25, 0.3) is 11.1 Å². The van der Waals surface area contributed by atoms with Crippen molar-refractivity contribution in [3.8, 4) is 16.8 Å². The van der Waals surface area contributed by atoms with Gasteiger partial charge in [0.05, 0.1) is 11.4 Å². The van der Waals surface area contributed by atoms with Gasteiger partial charge < -0.3 is 4.57 Å². The van der Waals surface area contributed by atoms with Crippen molar-refractivity contribution in [1.82, 2.24) is 9.47 Å². The molecule has 35 heavy (non-hydrogen) atoms. The van der Waals surface area contributed by atoms with E-state index in [1.54, 1.807) is 0 Å². The summed E-state index contributed by atoms with van der Waals surface area (Å²) >= 11 is 1.01. The summed E-state index contributed by atoms with van der Waals surface area (Å²) in [5.74, 6) is -0.237. The first-order valence-corrected chi connectivity index (χ1v) is 12.4. The van der Waals surface area contributed by atoms with E-state index in [0.717, 1.165) is 45.5 Å². The fourth-order valence-corrected chi connectivity index (χ4v) is 5.36. The van der Waals surface area contributed by atoms with Gasteiger partial charge in [-0.25, -0.2) is 0 Å². The van der Waals surface area contributed by atoms with Crippen LogP contribution in [0.3, 0.4) is 0 Å². The summed E-state index contributed by atoms with van der Waals surface area (Å²) in [6.07, 6.45) is 1.85. The number of rotatable bonds is 5. The normalized spacial score (nSPS) is 14.8. The molecule has 174 valence electrons. The van der Waals surface area contributed by atoms with Gasteiger partial charge in [0, 0.05) is 17.1 Å². The standard InChI is InChI=1S/C30H26N2O2S/c1-20-8-7-9-23(16-20)19-31-29(33)28(35-30(31)34)18-26-17-21(2)32(22(26)3)27-14-12-25(13-15-27)24-10-5-4-6-11-24/h4-18H,19H2,1-3H3/b28-18-. The van der Waals surface area contributed by atoms with Gasteiger partial charge in [0.2, 0.25) is 0 Å². The van der Waals surface area contributed by atoms with Crippen LogP contribution in [0.1, 0.15) is 28.1 Å². The van der Waals surface area contributed by atoms with Gasteiger partial charge in [-0.1, -0.05) is 72.3 Å². The predicted molar refractivity (Wildman–Crippen MR) is 143 cm³/mol. The molecule has 1 aliphatic rings. The lowest BCUT2D eigenvalue weighted by Gasteiger charge is -2.12. The third-order valence-electron chi connectivity index (χ3n) is 6.29. The second-order valence-electron chi connectivity index (χ2n) is 8.83. The third kappa shape index (κ3) is 4.60. The van der Waals surface area contributed by atoms with Gasteiger partial charge in [-0.05, 0) is 79.1 Å². The van der Waals surface area contributed by atoms with Crippen molar-refractivity contribution in [2.45, 2.75) is 27.3 Å². The Bertz CT molecular complexity index is 1450. The molecule has 5 heteroatoms. The SMILES string of the molecule is Cc1cccc(CN2C(=O)S/C(=C\c3cc(C)n(-c4ccc(-c5ccccc5)cc4)c3C)C2=O)c1. The number of thioether (sulfide) groups is 1. The number of carbonyl (C=O) groups is 2. The molecule has 0 N–H and O–H groups in total. The Hall–Kier alpha value is -3.83. The first-order valence-electron chi connectivity index (χ1n) is 11.6. The van der Waals surface area contributed by atoms with Crippen LogP contribution >= 0.6 is 11.8 Å². The topological polar surface area (TPSA) is 42.3 Å². The summed E-state index contributed by atoms with van der Waals surface area (Å²) in [4.78, 5) is 27.5. The highest BCUT2D eigenvalue weighted by Crippen LogP contribution is 2.35. The molecule has 1 saturated heterocycles. The zero-order valence-corrected chi connectivity index (χ0v) is 20.8. The maximum absolute atomic E-state index is 13.1. The molecule has 0 spiro atoms. The van der Waals surface area contributed by atoms with Crippen LogP contribution in [-0.4, -0.2) is 20.6 Å². The Morgan fingerprint density at radius 2 is 1.51 bits per heavy atom. The molecule has 0 bridgehead atoms. The Balaban J connectivity index is 1.40. The Kier molecular flexibility index (Phi) is 6.18. The minimum Gasteiger partial charge on any atom is -0.318 e. The molecular formula is C30H26N2O2S. The quantitative estimate of drug-likeness (QED) is 0.283. The average Bonchev–Trinajstić information content (AvgIpc) is 3.28. The van der Waals surface area contributed by atoms with Crippen molar-refractivity contribution in [2.24, 2.45) is 0 Å². The van der Waals surface area contributed by atoms with Crippen LogP contribution < -0.4 is 0 Å². The van der Waals surface area contributed by atoms with Crippen molar-refractivity contribution in [1.29, 1.82) is 0 Å². The monoisotopic (exact) mass is 478 g/mol. The number of benzene rings is 3. The highest BCUT2D eigenvalue weighted by Gasteiger charge is 2.35. The number of aromatic nitrogens is 1. The Morgan fingerprint density at radius 3 is 2.23 bits per heavy atom. The number of imide groups is 1. The minimum atomic E-state index is -0.237. The zero-order valence-electron chi connectivity index (χ0n) is 20.0. The molecule has 4 aromatic rings. The summed E-state index contributed by atoms with van der Waals surface area (Å²) in [5.41, 5.74) is 8.50. The largest absolute Gasteiger partial charge is 0.318 e. The molecule has 5 rings (SSSR count). The van der Waals surface area contributed by atoms with E-state index in [0.29, 0.717) is 4.91 Å². The minimum absolute atomic E-state index is 0.229.